The van der Waals surface area contributed by atoms with Crippen molar-refractivity contribution in [2.24, 2.45) is 0 Å². The molecule has 0 rings (SSSR count). The van der Waals surface area contributed by atoms with Crippen LogP contribution in [0.1, 0.15) is 13.3 Å². The van der Waals surface area contributed by atoms with E-state index >= 15 is 0 Å². The summed E-state index contributed by atoms with van der Waals surface area (Å²) in [5.41, 5.74) is 0. The zero-order chi connectivity index (χ0) is 3.41. The fraction of sp³-hybridized carbons (Fsp3) is 1.00. The first kappa shape index (κ1) is 10.1. The van der Waals surface area contributed by atoms with Gasteiger partial charge in [-0.3, -0.25) is 0 Å². The second kappa shape index (κ2) is 9.38. The van der Waals surface area contributed by atoms with E-state index < -0.39 is 0 Å². The first-order valence-corrected chi connectivity index (χ1v) is 1.52. The van der Waals surface area contributed by atoms with Gasteiger partial charge >= 0.3 is 0 Å². The Morgan fingerprint density at radius 1 is 1.60 bits per heavy atom. The molecule has 0 spiro atoms. The molecular formula is C3H8CsO. The van der Waals surface area contributed by atoms with Crippen LogP contribution in [-0.2, 0) is 0 Å². The average Bonchev–Trinajstić information content (AvgIpc) is 1.37. The summed E-state index contributed by atoms with van der Waals surface area (Å²) >= 11 is 0. The Labute approximate surface area is 91.6 Å². The van der Waals surface area contributed by atoms with Crippen LogP contribution in [0.5, 0.6) is 0 Å². The minimum Gasteiger partial charge on any atom is -0.396 e. The number of hydrogen-bond acceptors (Lipinski definition) is 1. The maximum Gasteiger partial charge on any atom is 0.0428 e. The van der Waals surface area contributed by atoms with E-state index in [9.17, 15) is 0 Å². The van der Waals surface area contributed by atoms with Crippen molar-refractivity contribution in [3.63, 3.8) is 0 Å². The van der Waals surface area contributed by atoms with Crippen molar-refractivity contribution in [1.29, 1.82) is 0 Å². The van der Waals surface area contributed by atoms with Crippen LogP contribution in [0.25, 0.3) is 0 Å². The minimum atomic E-state index is 0. The molecule has 0 aliphatic carbocycles. The van der Waals surface area contributed by atoms with E-state index in [1.807, 2.05) is 6.92 Å². The summed E-state index contributed by atoms with van der Waals surface area (Å²) in [4.78, 5) is 0. The molecule has 0 aliphatic heterocycles. The van der Waals surface area contributed by atoms with Crippen LogP contribution in [0, 0.1) is 0 Å². The van der Waals surface area contributed by atoms with Crippen molar-refractivity contribution < 1.29 is 5.11 Å². The summed E-state index contributed by atoms with van der Waals surface area (Å²) in [6.45, 7) is 2.25. The van der Waals surface area contributed by atoms with Gasteiger partial charge in [-0.25, -0.2) is 0 Å². The molecule has 0 atom stereocenters. The smallest absolute Gasteiger partial charge is 0.0428 e. The Morgan fingerprint density at radius 3 is 1.80 bits per heavy atom. The summed E-state index contributed by atoms with van der Waals surface area (Å²) < 4.78 is 0. The average molecular weight is 193 g/mol. The van der Waals surface area contributed by atoms with Crippen LogP contribution < -0.4 is 0 Å². The fourth-order valence-electron chi connectivity index (χ4n) is 0. The quantitative estimate of drug-likeness (QED) is 0.621. The van der Waals surface area contributed by atoms with E-state index in [0.29, 0.717) is 6.61 Å². The Balaban J connectivity index is 0. The summed E-state index contributed by atoms with van der Waals surface area (Å²) in [6.07, 6.45) is 0.875. The van der Waals surface area contributed by atoms with Crippen molar-refractivity contribution in [3.05, 3.63) is 0 Å². The maximum atomic E-state index is 7.88. The number of aliphatic hydroxyl groups is 1. The molecule has 0 aliphatic rings. The topological polar surface area (TPSA) is 20.2 Å². The van der Waals surface area contributed by atoms with E-state index in [-0.39, 0.29) is 68.9 Å². The second-order valence-corrected chi connectivity index (χ2v) is 0.724. The van der Waals surface area contributed by atoms with Gasteiger partial charge in [-0.15, -0.1) is 0 Å². The minimum absolute atomic E-state index is 0. The van der Waals surface area contributed by atoms with Crippen molar-refractivity contribution >= 4 is 68.9 Å². The Hall–Kier alpha value is 2.01. The fourth-order valence-corrected chi connectivity index (χ4v) is 0. The van der Waals surface area contributed by atoms with Crippen LogP contribution >= 0.6 is 0 Å². The maximum absolute atomic E-state index is 7.88. The molecule has 0 aromatic heterocycles. The molecule has 0 fully saturated rings. The number of rotatable bonds is 1. The molecule has 0 aromatic carbocycles. The Bertz CT molecular complexity index is 8.85. The monoisotopic (exact) mass is 193 g/mol. The molecule has 0 amide bonds. The van der Waals surface area contributed by atoms with E-state index in [1.165, 1.54) is 0 Å². The molecule has 0 unspecified atom stereocenters. The van der Waals surface area contributed by atoms with Gasteiger partial charge in [0.1, 0.15) is 0 Å². The van der Waals surface area contributed by atoms with Crippen molar-refractivity contribution in [2.45, 2.75) is 13.3 Å². The zero-order valence-corrected chi connectivity index (χ0v) is 10.1. The zero-order valence-electron chi connectivity index (χ0n) is 3.86. The van der Waals surface area contributed by atoms with E-state index in [4.69, 9.17) is 5.11 Å². The third-order valence-corrected chi connectivity index (χ3v) is 0.224. The first-order chi connectivity index (χ1) is 1.91. The molecule has 27 valence electrons. The first-order valence-electron chi connectivity index (χ1n) is 1.52. The third kappa shape index (κ3) is 10.7. The normalized spacial score (nSPS) is 6.00. The van der Waals surface area contributed by atoms with Crippen molar-refractivity contribution in [2.75, 3.05) is 6.61 Å². The largest absolute Gasteiger partial charge is 0.396 e. The van der Waals surface area contributed by atoms with Gasteiger partial charge < -0.3 is 5.11 Å². The van der Waals surface area contributed by atoms with Crippen LogP contribution in [-0.4, -0.2) is 80.6 Å². The van der Waals surface area contributed by atoms with Gasteiger partial charge in [0.25, 0.3) is 0 Å². The van der Waals surface area contributed by atoms with Gasteiger partial charge in [-0.1, -0.05) is 6.92 Å². The summed E-state index contributed by atoms with van der Waals surface area (Å²) in [5, 5.41) is 7.88. The van der Waals surface area contributed by atoms with Crippen LogP contribution in [0.4, 0.5) is 0 Å². The third-order valence-electron chi connectivity index (χ3n) is 0.224. The van der Waals surface area contributed by atoms with Crippen LogP contribution in [0.15, 0.2) is 0 Å². The molecule has 0 saturated heterocycles. The Kier molecular flexibility index (Phi) is 18.9. The van der Waals surface area contributed by atoms with Gasteiger partial charge in [-0.2, -0.15) is 0 Å². The second-order valence-electron chi connectivity index (χ2n) is 0.724. The standard InChI is InChI=1S/C3H8O.Cs/c1-2-3-4;/h4H,2-3H2,1H3;. The molecular weight excluding hydrogens is 185 g/mol. The SMILES string of the molecule is CCCO.[Cs]. The molecule has 0 saturated carbocycles. The summed E-state index contributed by atoms with van der Waals surface area (Å²) in [6, 6.07) is 0. The van der Waals surface area contributed by atoms with Crippen molar-refractivity contribution in [1.82, 2.24) is 0 Å². The predicted molar refractivity (Wildman–Crippen MR) is 23.1 cm³/mol. The molecule has 1 radical (unpaired) electrons. The molecule has 1 nitrogen and oxygen atoms in total. The Morgan fingerprint density at radius 2 is 1.80 bits per heavy atom. The van der Waals surface area contributed by atoms with E-state index in [0.717, 1.165) is 6.42 Å². The molecule has 0 heterocycles. The number of aliphatic hydroxyl groups excluding tert-OH is 1. The van der Waals surface area contributed by atoms with Gasteiger partial charge in [0.2, 0.25) is 0 Å². The molecule has 0 aromatic rings. The molecule has 1 N–H and O–H groups in total. The number of hydrogen-bond donors (Lipinski definition) is 1. The molecule has 5 heavy (non-hydrogen) atoms. The van der Waals surface area contributed by atoms with Crippen LogP contribution in [0.2, 0.25) is 0 Å². The van der Waals surface area contributed by atoms with Gasteiger partial charge in [0.15, 0.2) is 0 Å². The van der Waals surface area contributed by atoms with Crippen LogP contribution in [0.3, 0.4) is 0 Å². The predicted octanol–water partition coefficient (Wildman–Crippen LogP) is 0.00790. The molecule has 2 heteroatoms. The van der Waals surface area contributed by atoms with E-state index in [2.05, 4.69) is 0 Å². The van der Waals surface area contributed by atoms with Gasteiger partial charge in [-0.05, 0) is 6.42 Å². The molecule has 0 bridgehead atoms. The summed E-state index contributed by atoms with van der Waals surface area (Å²) in [5.74, 6) is 0. The summed E-state index contributed by atoms with van der Waals surface area (Å²) in [7, 11) is 0. The van der Waals surface area contributed by atoms with Gasteiger partial charge in [0.05, 0.1) is 0 Å². The van der Waals surface area contributed by atoms with Crippen molar-refractivity contribution in [3.8, 4) is 0 Å². The van der Waals surface area contributed by atoms with Gasteiger partial charge in [0, 0.05) is 75.5 Å². The van der Waals surface area contributed by atoms with E-state index in [1.54, 1.807) is 0 Å².